The van der Waals surface area contributed by atoms with Crippen molar-refractivity contribution in [2.24, 2.45) is 5.73 Å². The quantitative estimate of drug-likeness (QED) is 0.577. The van der Waals surface area contributed by atoms with Crippen LogP contribution in [-0.4, -0.2) is 67.7 Å². The SMILES string of the molecule is NCC(O)CN1C2COCC1COC2. The Morgan fingerprint density at radius 3 is 2.14 bits per heavy atom. The van der Waals surface area contributed by atoms with Gasteiger partial charge in [-0.15, -0.1) is 0 Å². The molecule has 0 aromatic carbocycles. The summed E-state index contributed by atoms with van der Waals surface area (Å²) in [5, 5.41) is 9.52. The molecule has 3 N–H and O–H groups in total. The third-order valence-corrected chi connectivity index (χ3v) is 2.87. The van der Waals surface area contributed by atoms with Gasteiger partial charge in [0.25, 0.3) is 0 Å². The molecule has 2 heterocycles. The number of nitrogens with zero attached hydrogens (tertiary/aromatic N) is 1. The fraction of sp³-hybridized carbons (Fsp3) is 1.00. The maximum absolute atomic E-state index is 9.52. The number of morpholine rings is 2. The lowest BCUT2D eigenvalue weighted by Crippen LogP contribution is -2.61. The molecule has 2 fully saturated rings. The van der Waals surface area contributed by atoms with Gasteiger partial charge in [-0.3, -0.25) is 4.90 Å². The summed E-state index contributed by atoms with van der Waals surface area (Å²) in [7, 11) is 0. The van der Waals surface area contributed by atoms with E-state index in [1.165, 1.54) is 0 Å². The fourth-order valence-corrected chi connectivity index (χ4v) is 2.07. The van der Waals surface area contributed by atoms with E-state index in [1.54, 1.807) is 0 Å². The van der Waals surface area contributed by atoms with Gasteiger partial charge in [0.15, 0.2) is 0 Å². The Balaban J connectivity index is 1.94. The number of aliphatic hydroxyl groups is 1. The van der Waals surface area contributed by atoms with Crippen LogP contribution in [0.2, 0.25) is 0 Å². The van der Waals surface area contributed by atoms with E-state index in [1.807, 2.05) is 0 Å². The highest BCUT2D eigenvalue weighted by atomic mass is 16.5. The molecule has 0 radical (unpaired) electrons. The van der Waals surface area contributed by atoms with E-state index in [2.05, 4.69) is 4.90 Å². The van der Waals surface area contributed by atoms with Crippen LogP contribution < -0.4 is 5.73 Å². The van der Waals surface area contributed by atoms with Gasteiger partial charge in [-0.25, -0.2) is 0 Å². The van der Waals surface area contributed by atoms with E-state index in [0.29, 0.717) is 51.6 Å². The van der Waals surface area contributed by atoms with Crippen LogP contribution >= 0.6 is 0 Å². The number of hydrogen-bond donors (Lipinski definition) is 2. The van der Waals surface area contributed by atoms with Crippen LogP contribution in [0, 0.1) is 0 Å². The van der Waals surface area contributed by atoms with Crippen molar-refractivity contribution in [1.29, 1.82) is 0 Å². The summed E-state index contributed by atoms with van der Waals surface area (Å²) in [6.07, 6.45) is -0.434. The monoisotopic (exact) mass is 202 g/mol. The zero-order valence-electron chi connectivity index (χ0n) is 8.26. The molecular formula is C9H18N2O3. The van der Waals surface area contributed by atoms with Crippen molar-refractivity contribution < 1.29 is 14.6 Å². The van der Waals surface area contributed by atoms with Gasteiger partial charge in [-0.05, 0) is 0 Å². The number of rotatable bonds is 3. The van der Waals surface area contributed by atoms with Gasteiger partial charge in [0.05, 0.1) is 44.6 Å². The molecular weight excluding hydrogens is 184 g/mol. The highest BCUT2D eigenvalue weighted by molar-refractivity contribution is 4.87. The molecule has 0 aromatic heterocycles. The molecule has 14 heavy (non-hydrogen) atoms. The highest BCUT2D eigenvalue weighted by Crippen LogP contribution is 2.19. The van der Waals surface area contributed by atoms with Crippen LogP contribution in [0.1, 0.15) is 0 Å². The molecule has 5 heteroatoms. The normalized spacial score (nSPS) is 35.6. The van der Waals surface area contributed by atoms with Gasteiger partial charge in [0.1, 0.15) is 0 Å². The Morgan fingerprint density at radius 2 is 1.71 bits per heavy atom. The Bertz CT molecular complexity index is 169. The number of nitrogens with two attached hydrogens (primary N) is 1. The van der Waals surface area contributed by atoms with Crippen LogP contribution in [0.3, 0.4) is 0 Å². The van der Waals surface area contributed by atoms with Crippen LogP contribution in [0.25, 0.3) is 0 Å². The molecule has 0 aliphatic carbocycles. The largest absolute Gasteiger partial charge is 0.390 e. The summed E-state index contributed by atoms with van der Waals surface area (Å²) in [4.78, 5) is 2.27. The summed E-state index contributed by atoms with van der Waals surface area (Å²) in [6.45, 7) is 3.76. The van der Waals surface area contributed by atoms with Crippen molar-refractivity contribution in [3.05, 3.63) is 0 Å². The smallest absolute Gasteiger partial charge is 0.0789 e. The van der Waals surface area contributed by atoms with Crippen molar-refractivity contribution in [2.75, 3.05) is 39.5 Å². The molecule has 1 atom stereocenters. The summed E-state index contributed by atoms with van der Waals surface area (Å²) in [5.74, 6) is 0. The molecule has 0 aromatic rings. The lowest BCUT2D eigenvalue weighted by molar-refractivity contribution is -0.144. The van der Waals surface area contributed by atoms with Crippen molar-refractivity contribution in [3.8, 4) is 0 Å². The second kappa shape index (κ2) is 4.55. The van der Waals surface area contributed by atoms with Crippen molar-refractivity contribution in [1.82, 2.24) is 4.90 Å². The van der Waals surface area contributed by atoms with Crippen LogP contribution in [0.15, 0.2) is 0 Å². The molecule has 2 bridgehead atoms. The fourth-order valence-electron chi connectivity index (χ4n) is 2.07. The third-order valence-electron chi connectivity index (χ3n) is 2.87. The molecule has 82 valence electrons. The average molecular weight is 202 g/mol. The summed E-state index contributed by atoms with van der Waals surface area (Å²) in [5.41, 5.74) is 5.40. The first-order chi connectivity index (χ1) is 6.81. The summed E-state index contributed by atoms with van der Waals surface area (Å²) < 4.78 is 10.9. The maximum atomic E-state index is 9.52. The van der Waals surface area contributed by atoms with Crippen molar-refractivity contribution in [2.45, 2.75) is 18.2 Å². The van der Waals surface area contributed by atoms with E-state index >= 15 is 0 Å². The van der Waals surface area contributed by atoms with Crippen LogP contribution in [0.5, 0.6) is 0 Å². The Morgan fingerprint density at radius 1 is 1.21 bits per heavy atom. The number of hydrogen-bond acceptors (Lipinski definition) is 5. The zero-order chi connectivity index (χ0) is 9.97. The van der Waals surface area contributed by atoms with E-state index in [9.17, 15) is 5.11 Å². The van der Waals surface area contributed by atoms with Crippen molar-refractivity contribution >= 4 is 0 Å². The van der Waals surface area contributed by atoms with Crippen LogP contribution in [0.4, 0.5) is 0 Å². The molecule has 0 spiro atoms. The molecule has 0 saturated carbocycles. The highest BCUT2D eigenvalue weighted by Gasteiger charge is 2.35. The Labute approximate surface area is 83.8 Å². The van der Waals surface area contributed by atoms with E-state index in [-0.39, 0.29) is 0 Å². The number of aliphatic hydroxyl groups excluding tert-OH is 1. The molecule has 2 rings (SSSR count). The van der Waals surface area contributed by atoms with Gasteiger partial charge in [-0.2, -0.15) is 0 Å². The Kier molecular flexibility index (Phi) is 3.35. The molecule has 1 unspecified atom stereocenters. The minimum Gasteiger partial charge on any atom is -0.390 e. The lowest BCUT2D eigenvalue weighted by atomic mass is 10.1. The van der Waals surface area contributed by atoms with E-state index in [0.717, 1.165) is 0 Å². The predicted molar refractivity (Wildman–Crippen MR) is 51.0 cm³/mol. The molecule has 2 aliphatic heterocycles. The first kappa shape index (κ1) is 10.3. The molecule has 2 aliphatic rings. The molecule has 2 saturated heterocycles. The van der Waals surface area contributed by atoms with Gasteiger partial charge in [0, 0.05) is 13.1 Å². The molecule has 0 amide bonds. The average Bonchev–Trinajstić information content (AvgIpc) is 2.17. The minimum atomic E-state index is -0.434. The van der Waals surface area contributed by atoms with Gasteiger partial charge in [-0.1, -0.05) is 0 Å². The first-order valence-electron chi connectivity index (χ1n) is 5.10. The standard InChI is InChI=1S/C9H18N2O3/c10-1-9(12)2-11-7-3-13-5-8(11)6-14-4-7/h7-9,12H,1-6,10H2. The lowest BCUT2D eigenvalue weighted by Gasteiger charge is -2.45. The first-order valence-corrected chi connectivity index (χ1v) is 5.10. The summed E-state index contributed by atoms with van der Waals surface area (Å²) in [6, 6.07) is 0.590. The number of fused-ring (bicyclic) bond motifs is 2. The minimum absolute atomic E-state index is 0.295. The second-order valence-electron chi connectivity index (χ2n) is 3.97. The van der Waals surface area contributed by atoms with Gasteiger partial charge >= 0.3 is 0 Å². The zero-order valence-corrected chi connectivity index (χ0v) is 8.26. The van der Waals surface area contributed by atoms with E-state index in [4.69, 9.17) is 15.2 Å². The van der Waals surface area contributed by atoms with Crippen LogP contribution in [-0.2, 0) is 9.47 Å². The predicted octanol–water partition coefficient (Wildman–Crippen LogP) is -1.59. The van der Waals surface area contributed by atoms with Gasteiger partial charge in [0.2, 0.25) is 0 Å². The van der Waals surface area contributed by atoms with E-state index < -0.39 is 6.10 Å². The maximum Gasteiger partial charge on any atom is 0.0789 e. The second-order valence-corrected chi connectivity index (χ2v) is 3.97. The van der Waals surface area contributed by atoms with Crippen molar-refractivity contribution in [3.63, 3.8) is 0 Å². The Hall–Kier alpha value is -0.200. The third kappa shape index (κ3) is 2.07. The molecule has 5 nitrogen and oxygen atoms in total. The topological polar surface area (TPSA) is 68.0 Å². The number of ether oxygens (including phenoxy) is 2. The van der Waals surface area contributed by atoms with Gasteiger partial charge < -0.3 is 20.3 Å². The summed E-state index contributed by atoms with van der Waals surface area (Å²) >= 11 is 0.